The third-order valence-electron chi connectivity index (χ3n) is 3.73. The van der Waals surface area contributed by atoms with E-state index in [0.29, 0.717) is 19.0 Å². The Bertz CT molecular complexity index is 322. The summed E-state index contributed by atoms with van der Waals surface area (Å²) in [5.74, 6) is -0.813. The number of nitrogens with zero attached hydrogens (tertiary/aromatic N) is 3. The van der Waals surface area contributed by atoms with Crippen LogP contribution in [0.4, 0.5) is 4.79 Å². The number of urea groups is 1. The zero-order valence-corrected chi connectivity index (χ0v) is 12.1. The second-order valence-corrected chi connectivity index (χ2v) is 5.19. The Hall–Kier alpha value is -1.30. The van der Waals surface area contributed by atoms with Crippen LogP contribution >= 0.6 is 0 Å². The summed E-state index contributed by atoms with van der Waals surface area (Å²) >= 11 is 0. The fourth-order valence-corrected chi connectivity index (χ4v) is 2.37. The van der Waals surface area contributed by atoms with Crippen LogP contribution in [0.25, 0.3) is 0 Å². The number of carboxylic acids is 1. The Morgan fingerprint density at radius 3 is 2.63 bits per heavy atom. The molecule has 0 bridgehead atoms. The first kappa shape index (κ1) is 15.8. The zero-order valence-electron chi connectivity index (χ0n) is 12.1. The highest BCUT2D eigenvalue weighted by Crippen LogP contribution is 2.12. The van der Waals surface area contributed by atoms with Crippen LogP contribution in [0.2, 0.25) is 0 Å². The summed E-state index contributed by atoms with van der Waals surface area (Å²) in [5, 5.41) is 8.59. The molecule has 0 aromatic carbocycles. The smallest absolute Gasteiger partial charge is 0.319 e. The number of hydrogen-bond donors (Lipinski definition) is 1. The van der Waals surface area contributed by atoms with Gasteiger partial charge in [0.1, 0.15) is 0 Å². The van der Waals surface area contributed by atoms with Gasteiger partial charge in [0.15, 0.2) is 0 Å². The summed E-state index contributed by atoms with van der Waals surface area (Å²) in [7, 11) is 3.83. The van der Waals surface area contributed by atoms with Gasteiger partial charge in [0.25, 0.3) is 0 Å². The van der Waals surface area contributed by atoms with Crippen molar-refractivity contribution in [1.29, 1.82) is 0 Å². The van der Waals surface area contributed by atoms with E-state index in [1.165, 1.54) is 0 Å². The number of amides is 2. The Balaban J connectivity index is 2.41. The Kier molecular flexibility index (Phi) is 6.08. The van der Waals surface area contributed by atoms with Gasteiger partial charge in [-0.15, -0.1) is 0 Å². The Morgan fingerprint density at radius 2 is 2.05 bits per heavy atom. The average molecular weight is 271 g/mol. The van der Waals surface area contributed by atoms with Gasteiger partial charge < -0.3 is 14.9 Å². The third-order valence-corrected chi connectivity index (χ3v) is 3.73. The number of hydrogen-bond acceptors (Lipinski definition) is 3. The molecular formula is C13H25N3O3. The van der Waals surface area contributed by atoms with Gasteiger partial charge in [-0.3, -0.25) is 9.69 Å². The van der Waals surface area contributed by atoms with E-state index in [1.54, 1.807) is 11.9 Å². The highest BCUT2D eigenvalue weighted by atomic mass is 16.4. The van der Waals surface area contributed by atoms with Crippen LogP contribution in [0.15, 0.2) is 0 Å². The van der Waals surface area contributed by atoms with Gasteiger partial charge in [0.2, 0.25) is 0 Å². The fraction of sp³-hybridized carbons (Fsp3) is 0.846. The van der Waals surface area contributed by atoms with Crippen LogP contribution < -0.4 is 0 Å². The van der Waals surface area contributed by atoms with Crippen molar-refractivity contribution in [2.75, 3.05) is 40.3 Å². The Labute approximate surface area is 115 Å². The third kappa shape index (κ3) is 4.70. The van der Waals surface area contributed by atoms with Crippen molar-refractivity contribution in [1.82, 2.24) is 14.7 Å². The van der Waals surface area contributed by atoms with Crippen molar-refractivity contribution < 1.29 is 14.7 Å². The molecule has 1 fully saturated rings. The quantitative estimate of drug-likeness (QED) is 0.808. The molecule has 19 heavy (non-hydrogen) atoms. The maximum absolute atomic E-state index is 12.2. The fourth-order valence-electron chi connectivity index (χ4n) is 2.37. The zero-order chi connectivity index (χ0) is 14.4. The molecule has 1 unspecified atom stereocenters. The summed E-state index contributed by atoms with van der Waals surface area (Å²) in [6.45, 7) is 5.03. The van der Waals surface area contributed by atoms with E-state index >= 15 is 0 Å². The molecule has 110 valence electrons. The molecule has 0 aliphatic carbocycles. The highest BCUT2D eigenvalue weighted by Gasteiger charge is 2.27. The van der Waals surface area contributed by atoms with Gasteiger partial charge in [-0.2, -0.15) is 0 Å². The molecule has 1 N–H and O–H groups in total. The number of aliphatic carboxylic acids is 1. The monoisotopic (exact) mass is 271 g/mol. The topological polar surface area (TPSA) is 64.1 Å². The second kappa shape index (κ2) is 7.33. The number of carbonyl (C=O) groups is 2. The van der Waals surface area contributed by atoms with Crippen LogP contribution in [0.5, 0.6) is 0 Å². The van der Waals surface area contributed by atoms with Crippen molar-refractivity contribution in [3.8, 4) is 0 Å². The van der Waals surface area contributed by atoms with Gasteiger partial charge >= 0.3 is 12.0 Å². The predicted octanol–water partition coefficient (Wildman–Crippen LogP) is 0.929. The molecule has 0 radical (unpaired) electrons. The molecule has 1 aliphatic heterocycles. The average Bonchev–Trinajstić information content (AvgIpc) is 2.38. The second-order valence-electron chi connectivity index (χ2n) is 5.19. The predicted molar refractivity (Wildman–Crippen MR) is 73.2 cm³/mol. The van der Waals surface area contributed by atoms with Crippen molar-refractivity contribution in [2.45, 2.75) is 32.2 Å². The van der Waals surface area contributed by atoms with Gasteiger partial charge in [-0.25, -0.2) is 4.79 Å². The molecule has 0 aromatic heterocycles. The highest BCUT2D eigenvalue weighted by molar-refractivity contribution is 5.74. The lowest BCUT2D eigenvalue weighted by Crippen LogP contribution is -2.55. The molecule has 2 amide bonds. The van der Waals surface area contributed by atoms with E-state index in [0.717, 1.165) is 26.1 Å². The van der Waals surface area contributed by atoms with Crippen molar-refractivity contribution in [3.05, 3.63) is 0 Å². The summed E-state index contributed by atoms with van der Waals surface area (Å²) in [4.78, 5) is 28.5. The first-order chi connectivity index (χ1) is 8.95. The van der Waals surface area contributed by atoms with E-state index < -0.39 is 5.97 Å². The normalized spacial score (nSPS) is 20.4. The van der Waals surface area contributed by atoms with E-state index in [1.807, 2.05) is 4.90 Å². The van der Waals surface area contributed by atoms with Crippen LogP contribution in [0.1, 0.15) is 26.2 Å². The van der Waals surface area contributed by atoms with E-state index in [9.17, 15) is 9.59 Å². The molecule has 6 nitrogen and oxygen atoms in total. The van der Waals surface area contributed by atoms with Gasteiger partial charge in [-0.05, 0) is 19.9 Å². The number of likely N-dealkylation sites (N-methyl/N-ethyl adjacent to an activating group) is 1. The maximum atomic E-state index is 12.2. The van der Waals surface area contributed by atoms with Crippen LogP contribution in [-0.4, -0.2) is 78.1 Å². The van der Waals surface area contributed by atoms with E-state index in [4.69, 9.17) is 5.11 Å². The molecule has 0 spiro atoms. The summed E-state index contributed by atoms with van der Waals surface area (Å²) in [6, 6.07) is 0.432. The number of piperazine rings is 1. The molecule has 6 heteroatoms. The molecule has 1 aliphatic rings. The maximum Gasteiger partial charge on any atom is 0.319 e. The number of carbonyl (C=O) groups excluding carboxylic acids is 1. The first-order valence-corrected chi connectivity index (χ1v) is 6.87. The van der Waals surface area contributed by atoms with Crippen molar-refractivity contribution in [3.63, 3.8) is 0 Å². The minimum absolute atomic E-state index is 0.0111. The molecule has 1 saturated heterocycles. The van der Waals surface area contributed by atoms with Crippen molar-refractivity contribution >= 4 is 12.0 Å². The van der Waals surface area contributed by atoms with Gasteiger partial charge in [0, 0.05) is 45.7 Å². The Morgan fingerprint density at radius 1 is 1.37 bits per heavy atom. The molecule has 1 heterocycles. The molecule has 0 aromatic rings. The summed E-state index contributed by atoms with van der Waals surface area (Å²) < 4.78 is 0. The minimum atomic E-state index is -0.813. The van der Waals surface area contributed by atoms with Crippen molar-refractivity contribution in [2.24, 2.45) is 0 Å². The lowest BCUT2D eigenvalue weighted by atomic mass is 10.1. The lowest BCUT2D eigenvalue weighted by Gasteiger charge is -2.40. The molecule has 0 saturated carbocycles. The molecule has 1 rings (SSSR count). The van der Waals surface area contributed by atoms with Crippen LogP contribution in [0, 0.1) is 0 Å². The van der Waals surface area contributed by atoms with Gasteiger partial charge in [0.05, 0.1) is 0 Å². The summed E-state index contributed by atoms with van der Waals surface area (Å²) in [6.07, 6.45) is 1.64. The largest absolute Gasteiger partial charge is 0.481 e. The minimum Gasteiger partial charge on any atom is -0.481 e. The summed E-state index contributed by atoms with van der Waals surface area (Å²) in [5.41, 5.74) is 0. The van der Waals surface area contributed by atoms with Crippen LogP contribution in [-0.2, 0) is 4.79 Å². The lowest BCUT2D eigenvalue weighted by molar-refractivity contribution is -0.137. The SMILES string of the molecule is CCC1CN(C(=O)N(C)CCCC(=O)O)CCN1C. The number of rotatable bonds is 5. The van der Waals surface area contributed by atoms with E-state index in [2.05, 4.69) is 18.9 Å². The standard InChI is InChI=1S/C13H25N3O3/c1-4-11-10-16(9-8-14(11)2)13(19)15(3)7-5-6-12(17)18/h11H,4-10H2,1-3H3,(H,17,18). The molecule has 1 atom stereocenters. The molecular weight excluding hydrogens is 246 g/mol. The van der Waals surface area contributed by atoms with E-state index in [-0.39, 0.29) is 12.5 Å². The van der Waals surface area contributed by atoms with Crippen LogP contribution in [0.3, 0.4) is 0 Å². The van der Waals surface area contributed by atoms with Gasteiger partial charge in [-0.1, -0.05) is 6.92 Å². The first-order valence-electron chi connectivity index (χ1n) is 6.87. The number of carboxylic acid groups (broad SMARTS) is 1.